The lowest BCUT2D eigenvalue weighted by Crippen LogP contribution is -2.49. The van der Waals surface area contributed by atoms with Crippen LogP contribution in [0.5, 0.6) is 0 Å². The number of benzene rings is 2. The molecule has 32 heavy (non-hydrogen) atoms. The molecule has 2 fully saturated rings. The van der Waals surface area contributed by atoms with Crippen LogP contribution in [0.1, 0.15) is 35.7 Å². The second-order valence-electron chi connectivity index (χ2n) is 8.19. The fraction of sp³-hybridized carbons (Fsp3) is 0.391. The molecule has 1 aliphatic heterocycles. The molecular weight excluding hydrogens is 433 g/mol. The summed E-state index contributed by atoms with van der Waals surface area (Å²) in [7, 11) is -3.80. The van der Waals surface area contributed by atoms with Gasteiger partial charge in [0.1, 0.15) is 5.82 Å². The van der Waals surface area contributed by atoms with Gasteiger partial charge in [0.25, 0.3) is 5.91 Å². The monoisotopic (exact) mass is 459 g/mol. The molecule has 1 aliphatic carbocycles. The third-order valence-electron chi connectivity index (χ3n) is 5.95. The van der Waals surface area contributed by atoms with Crippen LogP contribution in [0.3, 0.4) is 0 Å². The van der Waals surface area contributed by atoms with Gasteiger partial charge in [-0.15, -0.1) is 0 Å². The third-order valence-corrected chi connectivity index (χ3v) is 7.84. The maximum absolute atomic E-state index is 14.2. The van der Waals surface area contributed by atoms with Gasteiger partial charge in [0.05, 0.1) is 4.90 Å². The summed E-state index contributed by atoms with van der Waals surface area (Å²) in [5.74, 6) is -0.758. The molecule has 2 amide bonds. The number of amides is 2. The van der Waals surface area contributed by atoms with Crippen LogP contribution >= 0.6 is 0 Å². The van der Waals surface area contributed by atoms with Crippen LogP contribution in [0.15, 0.2) is 53.4 Å². The molecule has 0 atom stereocenters. The number of sulfonamides is 1. The van der Waals surface area contributed by atoms with E-state index in [1.54, 1.807) is 40.1 Å². The number of piperazine rings is 1. The molecular formula is C23H26FN3O4S. The predicted molar refractivity (Wildman–Crippen MR) is 117 cm³/mol. The highest BCUT2D eigenvalue weighted by molar-refractivity contribution is 7.89. The Labute approximate surface area is 187 Å². The van der Waals surface area contributed by atoms with E-state index < -0.39 is 10.0 Å². The molecule has 7 nitrogen and oxygen atoms in total. The Hall–Kier alpha value is -2.78. The zero-order valence-electron chi connectivity index (χ0n) is 17.9. The molecule has 2 aromatic carbocycles. The van der Waals surface area contributed by atoms with E-state index >= 15 is 0 Å². The lowest BCUT2D eigenvalue weighted by molar-refractivity contribution is -0.129. The van der Waals surface area contributed by atoms with Crippen LogP contribution in [0, 0.1) is 5.82 Å². The molecule has 0 unspecified atom stereocenters. The van der Waals surface area contributed by atoms with Crippen molar-refractivity contribution in [1.82, 2.24) is 14.1 Å². The van der Waals surface area contributed by atoms with E-state index in [1.165, 1.54) is 29.4 Å². The molecule has 1 saturated heterocycles. The molecule has 2 aliphatic rings. The quantitative estimate of drug-likeness (QED) is 0.665. The Balaban J connectivity index is 1.54. The smallest absolute Gasteiger partial charge is 0.254 e. The minimum atomic E-state index is -3.80. The summed E-state index contributed by atoms with van der Waals surface area (Å²) in [5, 5.41) is 0. The highest BCUT2D eigenvalue weighted by Crippen LogP contribution is 2.31. The Morgan fingerprint density at radius 3 is 2.34 bits per heavy atom. The molecule has 4 rings (SSSR count). The molecule has 9 heteroatoms. The van der Waals surface area contributed by atoms with E-state index in [2.05, 4.69) is 0 Å². The molecule has 170 valence electrons. The molecule has 0 bridgehead atoms. The van der Waals surface area contributed by atoms with Crippen molar-refractivity contribution >= 4 is 21.8 Å². The predicted octanol–water partition coefficient (Wildman–Crippen LogP) is 2.48. The Bertz CT molecular complexity index is 1130. The Kier molecular flexibility index (Phi) is 6.30. The summed E-state index contributed by atoms with van der Waals surface area (Å²) < 4.78 is 41.8. The number of halogens is 1. The van der Waals surface area contributed by atoms with Crippen LogP contribution in [0.2, 0.25) is 0 Å². The van der Waals surface area contributed by atoms with Crippen molar-refractivity contribution in [1.29, 1.82) is 0 Å². The largest absolute Gasteiger partial charge is 0.340 e. The van der Waals surface area contributed by atoms with E-state index in [0.29, 0.717) is 18.7 Å². The third kappa shape index (κ3) is 4.68. The highest BCUT2D eigenvalue weighted by atomic mass is 32.2. The number of nitrogens with zero attached hydrogens (tertiary/aromatic N) is 3. The minimum absolute atomic E-state index is 0.0297. The normalized spacial score (nSPS) is 17.2. The van der Waals surface area contributed by atoms with Gasteiger partial charge in [0.15, 0.2) is 0 Å². The van der Waals surface area contributed by atoms with Crippen LogP contribution in [-0.4, -0.2) is 66.6 Å². The van der Waals surface area contributed by atoms with Gasteiger partial charge in [-0.2, -0.15) is 4.31 Å². The van der Waals surface area contributed by atoms with Gasteiger partial charge in [0, 0.05) is 56.8 Å². The molecule has 0 spiro atoms. The van der Waals surface area contributed by atoms with Crippen LogP contribution < -0.4 is 0 Å². The number of carbonyl (C=O) groups excluding carboxylic acids is 2. The summed E-state index contributed by atoms with van der Waals surface area (Å²) >= 11 is 0. The molecule has 1 heterocycles. The maximum atomic E-state index is 14.2. The van der Waals surface area contributed by atoms with E-state index in [9.17, 15) is 22.4 Å². The first-order valence-electron chi connectivity index (χ1n) is 10.7. The SMILES string of the molecule is CC(=O)N1CCN(S(=O)(=O)c2cccc(C(=O)N(Cc3ccccc3F)C3CC3)c2)CC1. The zero-order chi connectivity index (χ0) is 22.9. The summed E-state index contributed by atoms with van der Waals surface area (Å²) in [5.41, 5.74) is 0.691. The fourth-order valence-corrected chi connectivity index (χ4v) is 5.38. The Morgan fingerprint density at radius 1 is 1.03 bits per heavy atom. The van der Waals surface area contributed by atoms with Crippen molar-refractivity contribution in [2.75, 3.05) is 26.2 Å². The van der Waals surface area contributed by atoms with Crippen molar-refractivity contribution in [2.24, 2.45) is 0 Å². The van der Waals surface area contributed by atoms with Gasteiger partial charge in [0.2, 0.25) is 15.9 Å². The summed E-state index contributed by atoms with van der Waals surface area (Å²) in [4.78, 5) is 28.1. The molecule has 0 aromatic heterocycles. The van der Waals surface area contributed by atoms with Gasteiger partial charge in [-0.05, 0) is 37.1 Å². The van der Waals surface area contributed by atoms with Crippen LogP contribution in [0.4, 0.5) is 4.39 Å². The topological polar surface area (TPSA) is 78.0 Å². The minimum Gasteiger partial charge on any atom is -0.340 e. The second-order valence-corrected chi connectivity index (χ2v) is 10.1. The van der Waals surface area contributed by atoms with Gasteiger partial charge >= 0.3 is 0 Å². The van der Waals surface area contributed by atoms with E-state index in [1.807, 2.05) is 0 Å². The van der Waals surface area contributed by atoms with Crippen molar-refractivity contribution in [3.63, 3.8) is 0 Å². The van der Waals surface area contributed by atoms with Crippen molar-refractivity contribution in [3.05, 3.63) is 65.5 Å². The van der Waals surface area contributed by atoms with Gasteiger partial charge in [-0.3, -0.25) is 9.59 Å². The zero-order valence-corrected chi connectivity index (χ0v) is 18.7. The lowest BCUT2D eigenvalue weighted by Gasteiger charge is -2.33. The maximum Gasteiger partial charge on any atom is 0.254 e. The molecule has 0 N–H and O–H groups in total. The molecule has 0 radical (unpaired) electrons. The first-order chi connectivity index (χ1) is 15.3. The lowest BCUT2D eigenvalue weighted by atomic mass is 10.1. The van der Waals surface area contributed by atoms with E-state index in [0.717, 1.165) is 12.8 Å². The second kappa shape index (κ2) is 8.99. The van der Waals surface area contributed by atoms with Crippen molar-refractivity contribution in [2.45, 2.75) is 37.2 Å². The summed E-state index contributed by atoms with van der Waals surface area (Å²) in [6.45, 7) is 2.70. The fourth-order valence-electron chi connectivity index (χ4n) is 3.91. The average molecular weight is 460 g/mol. The van der Waals surface area contributed by atoms with Crippen LogP contribution in [0.25, 0.3) is 0 Å². The first kappa shape index (κ1) is 22.4. The number of hydrogen-bond donors (Lipinski definition) is 0. The molecule has 1 saturated carbocycles. The summed E-state index contributed by atoms with van der Waals surface area (Å²) in [6, 6.07) is 12.4. The Morgan fingerprint density at radius 2 is 1.72 bits per heavy atom. The number of carbonyl (C=O) groups is 2. The average Bonchev–Trinajstić information content (AvgIpc) is 3.63. The number of rotatable bonds is 6. The van der Waals surface area contributed by atoms with E-state index in [4.69, 9.17) is 0 Å². The highest BCUT2D eigenvalue weighted by Gasteiger charge is 2.34. The van der Waals surface area contributed by atoms with Gasteiger partial charge < -0.3 is 9.80 Å². The number of hydrogen-bond acceptors (Lipinski definition) is 4. The van der Waals surface area contributed by atoms with Crippen LogP contribution in [-0.2, 0) is 21.4 Å². The van der Waals surface area contributed by atoms with Gasteiger partial charge in [-0.25, -0.2) is 12.8 Å². The van der Waals surface area contributed by atoms with Gasteiger partial charge in [-0.1, -0.05) is 24.3 Å². The first-order valence-corrected chi connectivity index (χ1v) is 12.1. The summed E-state index contributed by atoms with van der Waals surface area (Å²) in [6.07, 6.45) is 1.69. The van der Waals surface area contributed by atoms with Crippen molar-refractivity contribution < 1.29 is 22.4 Å². The standard InChI is InChI=1S/C23H26FN3O4S/c1-17(28)25-11-13-26(14-12-25)32(30,31)21-7-4-6-18(15-21)23(29)27(20-9-10-20)16-19-5-2-3-8-22(19)24/h2-8,15,20H,9-14,16H2,1H3. The van der Waals surface area contributed by atoms with Crippen molar-refractivity contribution in [3.8, 4) is 0 Å². The van der Waals surface area contributed by atoms with E-state index in [-0.39, 0.29) is 53.8 Å². The molecule has 2 aromatic rings.